The predicted molar refractivity (Wildman–Crippen MR) is 97.8 cm³/mol. The number of hydrogen-bond donors (Lipinski definition) is 1. The van der Waals surface area contributed by atoms with Crippen molar-refractivity contribution in [1.82, 2.24) is 9.78 Å². The Balaban J connectivity index is 1.62. The number of carbonyl (C=O) groups is 1. The minimum atomic E-state index is -0.144. The van der Waals surface area contributed by atoms with E-state index < -0.39 is 0 Å². The smallest absolute Gasteiger partial charge is 0.231 e. The van der Waals surface area contributed by atoms with E-state index in [1.54, 1.807) is 11.8 Å². The molecule has 7 nitrogen and oxygen atoms in total. The third kappa shape index (κ3) is 2.51. The van der Waals surface area contributed by atoms with E-state index in [1.165, 1.54) is 0 Å². The van der Waals surface area contributed by atoms with Crippen molar-refractivity contribution in [2.24, 2.45) is 0 Å². The lowest BCUT2D eigenvalue weighted by molar-refractivity contribution is -0.116. The van der Waals surface area contributed by atoms with Crippen molar-refractivity contribution in [3.05, 3.63) is 59.8 Å². The second-order valence-corrected chi connectivity index (χ2v) is 6.46. The van der Waals surface area contributed by atoms with Crippen LogP contribution in [0, 0.1) is 0 Å². The molecule has 1 unspecified atom stereocenters. The molecule has 0 radical (unpaired) electrons. The molecule has 0 fully saturated rings. The normalized spacial score (nSPS) is 17.4. The second kappa shape index (κ2) is 6.05. The van der Waals surface area contributed by atoms with Gasteiger partial charge in [-0.1, -0.05) is 18.2 Å². The number of fused-ring (bicyclic) bond motifs is 2. The van der Waals surface area contributed by atoms with Crippen molar-refractivity contribution in [2.45, 2.75) is 12.3 Å². The van der Waals surface area contributed by atoms with E-state index in [0.29, 0.717) is 29.5 Å². The molecule has 136 valence electrons. The molecule has 1 amide bonds. The van der Waals surface area contributed by atoms with Crippen LogP contribution in [0.3, 0.4) is 0 Å². The molecule has 1 atom stereocenters. The molecule has 1 N–H and O–H groups in total. The Hall–Kier alpha value is -3.48. The Labute approximate surface area is 155 Å². The van der Waals surface area contributed by atoms with Gasteiger partial charge in [0.2, 0.25) is 18.4 Å². The maximum Gasteiger partial charge on any atom is 0.231 e. The van der Waals surface area contributed by atoms with Gasteiger partial charge < -0.3 is 19.5 Å². The van der Waals surface area contributed by atoms with Crippen molar-refractivity contribution in [1.29, 1.82) is 0 Å². The van der Waals surface area contributed by atoms with Crippen molar-refractivity contribution in [2.75, 3.05) is 19.2 Å². The molecule has 0 bridgehead atoms. The number of carbonyl (C=O) groups excluding carboxylic acids is 1. The largest absolute Gasteiger partial charge is 0.493 e. The van der Waals surface area contributed by atoms with Gasteiger partial charge in [-0.25, -0.2) is 4.68 Å². The van der Waals surface area contributed by atoms with E-state index in [1.807, 2.05) is 48.7 Å². The number of hydrogen-bond acceptors (Lipinski definition) is 5. The van der Waals surface area contributed by atoms with Crippen LogP contribution in [-0.2, 0) is 4.79 Å². The molecule has 3 heterocycles. The van der Waals surface area contributed by atoms with Gasteiger partial charge in [0.1, 0.15) is 5.82 Å². The summed E-state index contributed by atoms with van der Waals surface area (Å²) in [6.07, 6.45) is 2.14. The van der Waals surface area contributed by atoms with Gasteiger partial charge in [0.25, 0.3) is 0 Å². The third-order valence-electron chi connectivity index (χ3n) is 4.90. The summed E-state index contributed by atoms with van der Waals surface area (Å²) in [7, 11) is 1.59. The molecule has 3 aromatic rings. The second-order valence-electron chi connectivity index (χ2n) is 6.46. The Morgan fingerprint density at radius 2 is 2.07 bits per heavy atom. The zero-order valence-electron chi connectivity index (χ0n) is 14.6. The molecule has 0 aliphatic carbocycles. The van der Waals surface area contributed by atoms with Crippen LogP contribution in [0.1, 0.15) is 23.5 Å². The first-order chi connectivity index (χ1) is 13.2. The maximum absolute atomic E-state index is 12.4. The highest BCUT2D eigenvalue weighted by atomic mass is 16.7. The number of benzene rings is 2. The molecule has 0 saturated heterocycles. The number of methoxy groups -OCH3 is 1. The number of nitrogens with one attached hydrogen (secondary N) is 1. The van der Waals surface area contributed by atoms with Crippen LogP contribution in [0.15, 0.2) is 48.7 Å². The summed E-state index contributed by atoms with van der Waals surface area (Å²) in [6.45, 7) is 0.164. The molecule has 2 aliphatic rings. The third-order valence-corrected chi connectivity index (χ3v) is 4.90. The van der Waals surface area contributed by atoms with E-state index in [-0.39, 0.29) is 18.6 Å². The summed E-state index contributed by atoms with van der Waals surface area (Å²) in [5.41, 5.74) is 2.78. The Kier molecular flexibility index (Phi) is 3.53. The molecule has 0 saturated carbocycles. The lowest BCUT2D eigenvalue weighted by atomic mass is 9.87. The first-order valence-corrected chi connectivity index (χ1v) is 8.65. The Morgan fingerprint density at radius 3 is 2.89 bits per heavy atom. The summed E-state index contributed by atoms with van der Waals surface area (Å²) in [5, 5.41) is 7.47. The van der Waals surface area contributed by atoms with Gasteiger partial charge in [-0.3, -0.25) is 4.79 Å². The maximum atomic E-state index is 12.4. The lowest BCUT2D eigenvalue weighted by Gasteiger charge is -2.24. The SMILES string of the molecule is COc1cc(C2CC(=O)Nc3c2cnn3-c2ccccc2)cc2c1OCO2. The molecule has 27 heavy (non-hydrogen) atoms. The van der Waals surface area contributed by atoms with Gasteiger partial charge in [0.05, 0.1) is 19.0 Å². The highest BCUT2D eigenvalue weighted by Gasteiger charge is 2.32. The van der Waals surface area contributed by atoms with Gasteiger partial charge in [-0.2, -0.15) is 5.10 Å². The summed E-state index contributed by atoms with van der Waals surface area (Å²) in [4.78, 5) is 12.4. The van der Waals surface area contributed by atoms with Crippen LogP contribution in [0.4, 0.5) is 5.82 Å². The van der Waals surface area contributed by atoms with Gasteiger partial charge >= 0.3 is 0 Å². The van der Waals surface area contributed by atoms with Gasteiger partial charge in [-0.15, -0.1) is 0 Å². The van der Waals surface area contributed by atoms with Crippen molar-refractivity contribution in [3.8, 4) is 22.9 Å². The highest BCUT2D eigenvalue weighted by molar-refractivity contribution is 5.94. The van der Waals surface area contributed by atoms with E-state index in [2.05, 4.69) is 10.4 Å². The quantitative estimate of drug-likeness (QED) is 0.774. The standard InChI is InChI=1S/C20H17N3O4/c1-25-16-7-12(8-17-19(16)27-11-26-17)14-9-18(24)22-20-15(14)10-21-23(20)13-5-3-2-4-6-13/h2-8,10,14H,9,11H2,1H3,(H,22,24). The molecular weight excluding hydrogens is 346 g/mol. The average Bonchev–Trinajstić information content (AvgIpc) is 3.34. The van der Waals surface area contributed by atoms with Crippen LogP contribution in [0.5, 0.6) is 17.2 Å². The molecule has 7 heteroatoms. The van der Waals surface area contributed by atoms with Crippen LogP contribution < -0.4 is 19.5 Å². The number of ether oxygens (including phenoxy) is 3. The van der Waals surface area contributed by atoms with E-state index >= 15 is 0 Å². The molecular formula is C20H17N3O4. The van der Waals surface area contributed by atoms with E-state index in [9.17, 15) is 4.79 Å². The minimum absolute atomic E-state index is 0.0539. The van der Waals surface area contributed by atoms with Gasteiger partial charge in [0.15, 0.2) is 11.5 Å². The fourth-order valence-corrected chi connectivity index (χ4v) is 3.63. The summed E-state index contributed by atoms with van der Waals surface area (Å²) in [6, 6.07) is 13.5. The molecule has 1 aromatic heterocycles. The zero-order chi connectivity index (χ0) is 18.4. The molecule has 2 aromatic carbocycles. The first kappa shape index (κ1) is 15.7. The molecule has 5 rings (SSSR count). The number of nitrogens with zero attached hydrogens (tertiary/aromatic N) is 2. The van der Waals surface area contributed by atoms with Crippen LogP contribution in [0.2, 0.25) is 0 Å². The minimum Gasteiger partial charge on any atom is -0.493 e. The fourth-order valence-electron chi connectivity index (χ4n) is 3.63. The van der Waals surface area contributed by atoms with Crippen molar-refractivity contribution >= 4 is 11.7 Å². The number of rotatable bonds is 3. The number of aromatic nitrogens is 2. The summed E-state index contributed by atoms with van der Waals surface area (Å²) in [5.74, 6) is 2.33. The average molecular weight is 363 g/mol. The molecule has 0 spiro atoms. The van der Waals surface area contributed by atoms with Crippen LogP contribution in [0.25, 0.3) is 5.69 Å². The van der Waals surface area contributed by atoms with Gasteiger partial charge in [-0.05, 0) is 29.8 Å². The summed E-state index contributed by atoms with van der Waals surface area (Å²) >= 11 is 0. The lowest BCUT2D eigenvalue weighted by Crippen LogP contribution is -2.24. The zero-order valence-corrected chi connectivity index (χ0v) is 14.6. The van der Waals surface area contributed by atoms with Crippen LogP contribution >= 0.6 is 0 Å². The summed E-state index contributed by atoms with van der Waals surface area (Å²) < 4.78 is 18.2. The van der Waals surface area contributed by atoms with E-state index in [0.717, 1.165) is 16.8 Å². The first-order valence-electron chi connectivity index (χ1n) is 8.65. The van der Waals surface area contributed by atoms with E-state index in [4.69, 9.17) is 14.2 Å². The highest BCUT2D eigenvalue weighted by Crippen LogP contribution is 2.46. The Bertz CT molecular complexity index is 1030. The van der Waals surface area contributed by atoms with Crippen molar-refractivity contribution in [3.63, 3.8) is 0 Å². The van der Waals surface area contributed by atoms with Crippen LogP contribution in [-0.4, -0.2) is 29.6 Å². The predicted octanol–water partition coefficient (Wildman–Crippen LogP) is 3.08. The van der Waals surface area contributed by atoms with Gasteiger partial charge in [0, 0.05) is 17.9 Å². The fraction of sp³-hybridized carbons (Fsp3) is 0.200. The number of amides is 1. The topological polar surface area (TPSA) is 74.6 Å². The number of anilines is 1. The molecule has 2 aliphatic heterocycles. The Morgan fingerprint density at radius 1 is 1.22 bits per heavy atom. The monoisotopic (exact) mass is 363 g/mol. The number of para-hydroxylation sites is 1. The van der Waals surface area contributed by atoms with Crippen molar-refractivity contribution < 1.29 is 19.0 Å².